The van der Waals surface area contributed by atoms with Crippen LogP contribution in [0.3, 0.4) is 0 Å². The molecule has 3 rings (SSSR count). The van der Waals surface area contributed by atoms with E-state index >= 15 is 0 Å². The van der Waals surface area contributed by atoms with Crippen LogP contribution >= 0.6 is 0 Å². The van der Waals surface area contributed by atoms with E-state index in [-0.39, 0.29) is 17.7 Å². The summed E-state index contributed by atoms with van der Waals surface area (Å²) >= 11 is 0. The van der Waals surface area contributed by atoms with Gasteiger partial charge in [0.2, 0.25) is 11.8 Å². The molecule has 0 atom stereocenters. The normalized spacial score (nSPS) is 14.5. The first-order valence-electron chi connectivity index (χ1n) is 9.65. The first-order chi connectivity index (χ1) is 13.3. The molecule has 2 N–H and O–H groups in total. The van der Waals surface area contributed by atoms with Crippen LogP contribution in [-0.2, 0) is 9.59 Å². The van der Waals surface area contributed by atoms with Gasteiger partial charge < -0.3 is 15.4 Å². The number of rotatable bonds is 6. The van der Waals surface area contributed by atoms with Crippen molar-refractivity contribution in [2.24, 2.45) is 5.41 Å². The SMILES string of the molecule is COc1ccc(C)cc1NC(=O)C1(C(=O)Nc2c(C)cccc2C(C)C)CC1. The van der Waals surface area contributed by atoms with Gasteiger partial charge in [-0.25, -0.2) is 0 Å². The van der Waals surface area contributed by atoms with Crippen LogP contribution in [0.2, 0.25) is 0 Å². The average Bonchev–Trinajstić information content (AvgIpc) is 3.45. The molecular weight excluding hydrogens is 352 g/mol. The number of amides is 2. The number of carbonyl (C=O) groups excluding carboxylic acids is 2. The van der Waals surface area contributed by atoms with Crippen molar-refractivity contribution in [2.45, 2.75) is 46.5 Å². The maximum absolute atomic E-state index is 13.1. The van der Waals surface area contributed by atoms with E-state index in [1.165, 1.54) is 0 Å². The van der Waals surface area contributed by atoms with Crippen molar-refractivity contribution in [1.82, 2.24) is 0 Å². The van der Waals surface area contributed by atoms with E-state index in [1.54, 1.807) is 7.11 Å². The Morgan fingerprint density at radius 2 is 1.71 bits per heavy atom. The molecule has 0 spiro atoms. The van der Waals surface area contributed by atoms with Crippen LogP contribution in [0.1, 0.15) is 49.3 Å². The number of methoxy groups -OCH3 is 1. The molecule has 1 saturated carbocycles. The van der Waals surface area contributed by atoms with Gasteiger partial charge in [-0.05, 0) is 61.4 Å². The lowest BCUT2D eigenvalue weighted by atomic mass is 9.97. The summed E-state index contributed by atoms with van der Waals surface area (Å²) < 4.78 is 5.33. The highest BCUT2D eigenvalue weighted by molar-refractivity contribution is 6.17. The zero-order valence-corrected chi connectivity index (χ0v) is 17.2. The third kappa shape index (κ3) is 3.75. The van der Waals surface area contributed by atoms with Gasteiger partial charge in [0.05, 0.1) is 12.8 Å². The molecule has 1 aliphatic rings. The summed E-state index contributed by atoms with van der Waals surface area (Å²) in [5.41, 5.74) is 3.46. The topological polar surface area (TPSA) is 67.4 Å². The standard InChI is InChI=1S/C23H28N2O3/c1-14(2)17-8-6-7-16(4)20(17)25-22(27)23(11-12-23)21(26)24-18-13-15(3)9-10-19(18)28-5/h6-10,13-14H,11-12H2,1-5H3,(H,24,26)(H,25,27). The van der Waals surface area contributed by atoms with Crippen molar-refractivity contribution in [3.63, 3.8) is 0 Å². The molecule has 0 aliphatic heterocycles. The Kier molecular flexibility index (Phi) is 5.45. The molecule has 0 saturated heterocycles. The smallest absolute Gasteiger partial charge is 0.240 e. The Hall–Kier alpha value is -2.82. The lowest BCUT2D eigenvalue weighted by Crippen LogP contribution is -2.36. The zero-order chi connectivity index (χ0) is 20.5. The van der Waals surface area contributed by atoms with Crippen LogP contribution in [0.25, 0.3) is 0 Å². The van der Waals surface area contributed by atoms with Gasteiger partial charge in [-0.2, -0.15) is 0 Å². The molecule has 148 valence electrons. The van der Waals surface area contributed by atoms with Crippen LogP contribution in [0.4, 0.5) is 11.4 Å². The molecule has 28 heavy (non-hydrogen) atoms. The third-order valence-corrected chi connectivity index (χ3v) is 5.39. The molecule has 0 unspecified atom stereocenters. The summed E-state index contributed by atoms with van der Waals surface area (Å²) in [4.78, 5) is 26.1. The maximum atomic E-state index is 13.1. The number of anilines is 2. The maximum Gasteiger partial charge on any atom is 0.240 e. The van der Waals surface area contributed by atoms with Gasteiger partial charge in [0.1, 0.15) is 11.2 Å². The fourth-order valence-corrected chi connectivity index (χ4v) is 3.42. The number of ether oxygens (including phenoxy) is 1. The Labute approximate surface area is 166 Å². The number of carbonyl (C=O) groups is 2. The number of nitrogens with one attached hydrogen (secondary N) is 2. The Morgan fingerprint density at radius 1 is 1.04 bits per heavy atom. The summed E-state index contributed by atoms with van der Waals surface area (Å²) in [6.45, 7) is 8.10. The largest absolute Gasteiger partial charge is 0.495 e. The number of hydrogen-bond acceptors (Lipinski definition) is 3. The molecule has 5 heteroatoms. The third-order valence-electron chi connectivity index (χ3n) is 5.39. The van der Waals surface area contributed by atoms with Crippen molar-refractivity contribution < 1.29 is 14.3 Å². The van der Waals surface area contributed by atoms with Gasteiger partial charge in [0.25, 0.3) is 0 Å². The second-order valence-corrected chi connectivity index (χ2v) is 7.89. The van der Waals surface area contributed by atoms with E-state index in [2.05, 4.69) is 24.5 Å². The van der Waals surface area contributed by atoms with E-state index in [0.717, 1.165) is 22.4 Å². The molecule has 0 heterocycles. The van der Waals surface area contributed by atoms with Gasteiger partial charge in [0, 0.05) is 5.69 Å². The van der Waals surface area contributed by atoms with Crippen molar-refractivity contribution in [3.05, 3.63) is 53.1 Å². The second-order valence-electron chi connectivity index (χ2n) is 7.89. The first kappa shape index (κ1) is 19.9. The van der Waals surface area contributed by atoms with Crippen molar-refractivity contribution in [2.75, 3.05) is 17.7 Å². The van der Waals surface area contributed by atoms with Gasteiger partial charge in [-0.3, -0.25) is 9.59 Å². The van der Waals surface area contributed by atoms with E-state index in [0.29, 0.717) is 24.3 Å². The minimum Gasteiger partial charge on any atom is -0.495 e. The van der Waals surface area contributed by atoms with Crippen LogP contribution < -0.4 is 15.4 Å². The molecule has 1 fully saturated rings. The highest BCUT2D eigenvalue weighted by Crippen LogP contribution is 2.48. The van der Waals surface area contributed by atoms with Gasteiger partial charge in [-0.1, -0.05) is 38.1 Å². The minimum absolute atomic E-state index is 0.243. The minimum atomic E-state index is -1.02. The molecule has 5 nitrogen and oxygen atoms in total. The summed E-state index contributed by atoms with van der Waals surface area (Å²) in [6.07, 6.45) is 1.09. The average molecular weight is 380 g/mol. The van der Waals surface area contributed by atoms with E-state index in [1.807, 2.05) is 50.2 Å². The van der Waals surface area contributed by atoms with E-state index < -0.39 is 5.41 Å². The van der Waals surface area contributed by atoms with Crippen molar-refractivity contribution >= 4 is 23.2 Å². The van der Waals surface area contributed by atoms with Gasteiger partial charge in [0.15, 0.2) is 0 Å². The molecule has 0 radical (unpaired) electrons. The van der Waals surface area contributed by atoms with Crippen molar-refractivity contribution in [3.8, 4) is 5.75 Å². The quantitative estimate of drug-likeness (QED) is 0.708. The lowest BCUT2D eigenvalue weighted by Gasteiger charge is -2.20. The zero-order valence-electron chi connectivity index (χ0n) is 17.2. The van der Waals surface area contributed by atoms with E-state index in [9.17, 15) is 9.59 Å². The van der Waals surface area contributed by atoms with Gasteiger partial charge >= 0.3 is 0 Å². The fourth-order valence-electron chi connectivity index (χ4n) is 3.42. The predicted octanol–water partition coefficient (Wildman–Crippen LogP) is 4.79. The number of hydrogen-bond donors (Lipinski definition) is 2. The highest BCUT2D eigenvalue weighted by atomic mass is 16.5. The highest BCUT2D eigenvalue weighted by Gasteiger charge is 2.56. The Morgan fingerprint density at radius 3 is 2.32 bits per heavy atom. The molecule has 1 aliphatic carbocycles. The predicted molar refractivity (Wildman–Crippen MR) is 112 cm³/mol. The first-order valence-corrected chi connectivity index (χ1v) is 9.65. The monoisotopic (exact) mass is 380 g/mol. The molecule has 2 amide bonds. The van der Waals surface area contributed by atoms with Crippen LogP contribution in [0, 0.1) is 19.3 Å². The van der Waals surface area contributed by atoms with Crippen LogP contribution in [0.15, 0.2) is 36.4 Å². The number of para-hydroxylation sites is 1. The fraction of sp³-hybridized carbons (Fsp3) is 0.391. The van der Waals surface area contributed by atoms with Crippen LogP contribution in [0.5, 0.6) is 5.75 Å². The van der Waals surface area contributed by atoms with Crippen molar-refractivity contribution in [1.29, 1.82) is 0 Å². The molecular formula is C23H28N2O3. The van der Waals surface area contributed by atoms with Gasteiger partial charge in [-0.15, -0.1) is 0 Å². The van der Waals surface area contributed by atoms with Crippen LogP contribution in [-0.4, -0.2) is 18.9 Å². The molecule has 0 bridgehead atoms. The van der Waals surface area contributed by atoms with E-state index in [4.69, 9.17) is 4.74 Å². The number of aryl methyl sites for hydroxylation is 2. The molecule has 2 aromatic carbocycles. The Balaban J connectivity index is 1.82. The summed E-state index contributed by atoms with van der Waals surface area (Å²) in [7, 11) is 1.56. The Bertz CT molecular complexity index is 914. The summed E-state index contributed by atoms with van der Waals surface area (Å²) in [5, 5.41) is 5.94. The lowest BCUT2D eigenvalue weighted by molar-refractivity contribution is -0.131. The summed E-state index contributed by atoms with van der Waals surface area (Å²) in [6, 6.07) is 11.6. The molecule has 2 aromatic rings. The summed E-state index contributed by atoms with van der Waals surface area (Å²) in [5.74, 6) is 0.327. The number of benzene rings is 2. The second kappa shape index (κ2) is 7.66. The molecule has 0 aromatic heterocycles.